The van der Waals surface area contributed by atoms with E-state index in [4.69, 9.17) is 0 Å². The van der Waals surface area contributed by atoms with Crippen molar-refractivity contribution in [2.45, 2.75) is 17.1 Å². The molecule has 0 aromatic heterocycles. The molecule has 1 aromatic rings. The van der Waals surface area contributed by atoms with Crippen LogP contribution in [0.3, 0.4) is 0 Å². The minimum atomic E-state index is -4.56. The van der Waals surface area contributed by atoms with Gasteiger partial charge in [0, 0.05) is 19.6 Å². The standard InChI is InChI=1S/C12H16F2N2O2S/c13-12(14)19(17,18)11-5-2-1-4-10(11)16-8-3-6-15-7-9-16/h1-2,4-5,12,15H,3,6-9H2. The molecular formula is C12H16F2N2O2S. The Morgan fingerprint density at radius 3 is 2.63 bits per heavy atom. The Bertz CT molecular complexity index is 526. The molecule has 19 heavy (non-hydrogen) atoms. The zero-order valence-electron chi connectivity index (χ0n) is 10.4. The molecule has 1 aliphatic heterocycles. The Labute approximate surface area is 111 Å². The van der Waals surface area contributed by atoms with E-state index in [1.54, 1.807) is 12.1 Å². The van der Waals surface area contributed by atoms with Gasteiger partial charge in [0.05, 0.1) is 10.6 Å². The topological polar surface area (TPSA) is 49.4 Å². The summed E-state index contributed by atoms with van der Waals surface area (Å²) in [5.74, 6) is -3.39. The molecule has 1 aliphatic rings. The number of nitrogens with zero attached hydrogens (tertiary/aromatic N) is 1. The van der Waals surface area contributed by atoms with Gasteiger partial charge in [-0.15, -0.1) is 0 Å². The number of alkyl halides is 2. The fourth-order valence-electron chi connectivity index (χ4n) is 2.14. The summed E-state index contributed by atoms with van der Waals surface area (Å²) < 4.78 is 48.8. The van der Waals surface area contributed by atoms with Crippen LogP contribution in [-0.2, 0) is 9.84 Å². The molecule has 2 rings (SSSR count). The van der Waals surface area contributed by atoms with E-state index in [9.17, 15) is 17.2 Å². The van der Waals surface area contributed by atoms with Gasteiger partial charge in [0.1, 0.15) is 0 Å². The second-order valence-electron chi connectivity index (χ2n) is 4.36. The molecule has 1 N–H and O–H groups in total. The second kappa shape index (κ2) is 5.83. The van der Waals surface area contributed by atoms with Gasteiger partial charge in [-0.2, -0.15) is 8.78 Å². The largest absolute Gasteiger partial charge is 0.369 e. The molecule has 4 nitrogen and oxygen atoms in total. The molecule has 0 saturated carbocycles. The lowest BCUT2D eigenvalue weighted by Gasteiger charge is -2.24. The molecule has 0 radical (unpaired) electrons. The summed E-state index contributed by atoms with van der Waals surface area (Å²) in [6, 6.07) is 5.96. The maximum absolute atomic E-state index is 12.7. The number of sulfone groups is 1. The molecular weight excluding hydrogens is 274 g/mol. The first kappa shape index (κ1) is 14.2. The highest BCUT2D eigenvalue weighted by Gasteiger charge is 2.30. The van der Waals surface area contributed by atoms with E-state index >= 15 is 0 Å². The first-order chi connectivity index (χ1) is 9.03. The van der Waals surface area contributed by atoms with Crippen LogP contribution in [-0.4, -0.2) is 40.4 Å². The van der Waals surface area contributed by atoms with Crippen molar-refractivity contribution in [2.24, 2.45) is 0 Å². The van der Waals surface area contributed by atoms with Crippen LogP contribution in [0.25, 0.3) is 0 Å². The van der Waals surface area contributed by atoms with Crippen LogP contribution in [0.2, 0.25) is 0 Å². The number of nitrogens with one attached hydrogen (secondary N) is 1. The van der Waals surface area contributed by atoms with Crippen molar-refractivity contribution in [1.82, 2.24) is 5.32 Å². The maximum Gasteiger partial charge on any atom is 0.341 e. The van der Waals surface area contributed by atoms with Gasteiger partial charge >= 0.3 is 5.76 Å². The maximum atomic E-state index is 12.7. The average molecular weight is 290 g/mol. The number of benzene rings is 1. The van der Waals surface area contributed by atoms with Gasteiger partial charge < -0.3 is 10.2 Å². The van der Waals surface area contributed by atoms with E-state index in [1.165, 1.54) is 12.1 Å². The van der Waals surface area contributed by atoms with Crippen LogP contribution >= 0.6 is 0 Å². The third-order valence-corrected chi connectivity index (χ3v) is 4.51. The van der Waals surface area contributed by atoms with E-state index in [2.05, 4.69) is 5.32 Å². The predicted octanol–water partition coefficient (Wildman–Crippen LogP) is 1.48. The summed E-state index contributed by atoms with van der Waals surface area (Å²) in [7, 11) is -4.56. The lowest BCUT2D eigenvalue weighted by atomic mass is 10.2. The van der Waals surface area contributed by atoms with Gasteiger partial charge in [-0.1, -0.05) is 12.1 Å². The number of rotatable bonds is 3. The summed E-state index contributed by atoms with van der Waals surface area (Å²) in [5.41, 5.74) is 0.367. The average Bonchev–Trinajstić information content (AvgIpc) is 2.67. The van der Waals surface area contributed by atoms with Crippen LogP contribution in [0.5, 0.6) is 0 Å². The first-order valence-corrected chi connectivity index (χ1v) is 7.65. The molecule has 1 saturated heterocycles. The van der Waals surface area contributed by atoms with Crippen molar-refractivity contribution in [2.75, 3.05) is 31.1 Å². The summed E-state index contributed by atoms with van der Waals surface area (Å²) in [5, 5.41) is 3.19. The molecule has 0 atom stereocenters. The van der Waals surface area contributed by atoms with Crippen LogP contribution in [0.4, 0.5) is 14.5 Å². The Balaban J connectivity index is 2.41. The Hall–Kier alpha value is -1.21. The fraction of sp³-hybridized carbons (Fsp3) is 0.500. The van der Waals surface area contributed by atoms with Crippen molar-refractivity contribution in [1.29, 1.82) is 0 Å². The number of hydrogen-bond acceptors (Lipinski definition) is 4. The molecule has 106 valence electrons. The van der Waals surface area contributed by atoms with E-state index in [0.717, 1.165) is 13.0 Å². The number of hydrogen-bond donors (Lipinski definition) is 1. The monoisotopic (exact) mass is 290 g/mol. The Kier molecular flexibility index (Phi) is 4.36. The fourth-order valence-corrected chi connectivity index (χ4v) is 3.09. The quantitative estimate of drug-likeness (QED) is 0.916. The van der Waals surface area contributed by atoms with Gasteiger partial charge in [0.25, 0.3) is 0 Å². The predicted molar refractivity (Wildman–Crippen MR) is 69.3 cm³/mol. The lowest BCUT2D eigenvalue weighted by molar-refractivity contribution is 0.235. The van der Waals surface area contributed by atoms with Gasteiger partial charge in [0.15, 0.2) is 0 Å². The molecule has 1 heterocycles. The highest BCUT2D eigenvalue weighted by atomic mass is 32.2. The first-order valence-electron chi connectivity index (χ1n) is 6.10. The van der Waals surface area contributed by atoms with Gasteiger partial charge in [-0.25, -0.2) is 8.42 Å². The molecule has 7 heteroatoms. The molecule has 0 bridgehead atoms. The minimum absolute atomic E-state index is 0.285. The molecule has 0 aliphatic carbocycles. The smallest absolute Gasteiger partial charge is 0.341 e. The zero-order chi connectivity index (χ0) is 13.9. The third-order valence-electron chi connectivity index (χ3n) is 3.09. The molecule has 1 fully saturated rings. The SMILES string of the molecule is O=S(=O)(c1ccccc1N1CCCNCC1)C(F)F. The van der Waals surface area contributed by atoms with Crippen LogP contribution in [0, 0.1) is 0 Å². The minimum Gasteiger partial charge on any atom is -0.369 e. The normalized spacial score (nSPS) is 17.5. The molecule has 1 aromatic carbocycles. The number of halogens is 2. The highest BCUT2D eigenvalue weighted by molar-refractivity contribution is 7.91. The van der Waals surface area contributed by atoms with Crippen molar-refractivity contribution in [3.8, 4) is 0 Å². The van der Waals surface area contributed by atoms with E-state index < -0.39 is 15.6 Å². The zero-order valence-corrected chi connectivity index (χ0v) is 11.2. The number of anilines is 1. The van der Waals surface area contributed by atoms with Crippen molar-refractivity contribution < 1.29 is 17.2 Å². The summed E-state index contributed by atoms with van der Waals surface area (Å²) in [6.07, 6.45) is 0.850. The van der Waals surface area contributed by atoms with Crippen LogP contribution < -0.4 is 10.2 Å². The van der Waals surface area contributed by atoms with E-state index in [1.807, 2.05) is 4.90 Å². The van der Waals surface area contributed by atoms with Crippen molar-refractivity contribution in [3.05, 3.63) is 24.3 Å². The molecule has 0 amide bonds. The number of para-hydroxylation sites is 1. The Morgan fingerprint density at radius 2 is 1.89 bits per heavy atom. The van der Waals surface area contributed by atoms with E-state index in [-0.39, 0.29) is 4.90 Å². The second-order valence-corrected chi connectivity index (χ2v) is 6.25. The Morgan fingerprint density at radius 1 is 1.16 bits per heavy atom. The third kappa shape index (κ3) is 3.03. The molecule has 0 unspecified atom stereocenters. The van der Waals surface area contributed by atoms with Gasteiger partial charge in [0.2, 0.25) is 9.84 Å². The van der Waals surface area contributed by atoms with Crippen molar-refractivity contribution >= 4 is 15.5 Å². The van der Waals surface area contributed by atoms with Gasteiger partial charge in [-0.05, 0) is 25.1 Å². The summed E-state index contributed by atoms with van der Waals surface area (Å²) >= 11 is 0. The van der Waals surface area contributed by atoms with Gasteiger partial charge in [-0.3, -0.25) is 0 Å². The lowest BCUT2D eigenvalue weighted by Crippen LogP contribution is -2.29. The van der Waals surface area contributed by atoms with Crippen LogP contribution in [0.1, 0.15) is 6.42 Å². The summed E-state index contributed by atoms with van der Waals surface area (Å²) in [6.45, 7) is 2.82. The summed E-state index contributed by atoms with van der Waals surface area (Å²) in [4.78, 5) is 1.56. The molecule has 0 spiro atoms. The van der Waals surface area contributed by atoms with Crippen molar-refractivity contribution in [3.63, 3.8) is 0 Å². The highest BCUT2D eigenvalue weighted by Crippen LogP contribution is 2.29. The van der Waals surface area contributed by atoms with Crippen LogP contribution in [0.15, 0.2) is 29.2 Å². The van der Waals surface area contributed by atoms with E-state index in [0.29, 0.717) is 25.3 Å².